The summed E-state index contributed by atoms with van der Waals surface area (Å²) >= 11 is 1.26. The van der Waals surface area contributed by atoms with Crippen LogP contribution in [0.2, 0.25) is 0 Å². The molecule has 8 nitrogen and oxygen atoms in total. The smallest absolute Gasteiger partial charge is 0.333 e. The van der Waals surface area contributed by atoms with E-state index in [1.54, 1.807) is 4.90 Å². The van der Waals surface area contributed by atoms with Gasteiger partial charge in [-0.2, -0.15) is 18.2 Å². The minimum Gasteiger partial charge on any atom is -0.333 e. The molecule has 0 bridgehead atoms. The molecule has 3 amide bonds. The maximum atomic E-state index is 12.9. The molecule has 6 rings (SSSR count). The molecule has 1 aliphatic heterocycles. The van der Waals surface area contributed by atoms with Crippen molar-refractivity contribution in [3.05, 3.63) is 95.3 Å². The molecular weight excluding hydrogens is 577 g/mol. The molecule has 1 saturated heterocycles. The Labute approximate surface area is 250 Å². The molecule has 0 spiro atoms. The zero-order valence-electron chi connectivity index (χ0n) is 23.3. The number of alkyl halides is 3. The van der Waals surface area contributed by atoms with Crippen LogP contribution in [0.3, 0.4) is 0 Å². The van der Waals surface area contributed by atoms with Crippen LogP contribution >= 0.6 is 11.8 Å². The average Bonchev–Trinajstić information content (AvgIpc) is 3.39. The number of nitrogens with one attached hydrogen (secondary N) is 1. The first-order chi connectivity index (χ1) is 20.6. The molecule has 4 aromatic rings. The van der Waals surface area contributed by atoms with Gasteiger partial charge in [0.2, 0.25) is 5.91 Å². The molecule has 2 aliphatic rings. The van der Waals surface area contributed by atoms with Crippen LogP contribution < -0.4 is 10.2 Å². The summed E-state index contributed by atoms with van der Waals surface area (Å²) < 4.78 is 40.0. The first-order valence-electron chi connectivity index (χ1n) is 13.7. The number of nitrogens with zero attached hydrogens (tertiary/aromatic N) is 5. The quantitative estimate of drug-likeness (QED) is 0.270. The zero-order chi connectivity index (χ0) is 30.3. The normalized spacial score (nSPS) is 19.2. The van der Waals surface area contributed by atoms with Gasteiger partial charge in [0, 0.05) is 17.5 Å². The number of carbonyl (C=O) groups excluding carboxylic acids is 2. The average molecular weight is 605 g/mol. The van der Waals surface area contributed by atoms with E-state index >= 15 is 0 Å². The van der Waals surface area contributed by atoms with E-state index in [1.165, 1.54) is 34.9 Å². The minimum absolute atomic E-state index is 0.0690. The Morgan fingerprint density at radius 3 is 2.53 bits per heavy atom. The number of halogens is 3. The van der Waals surface area contributed by atoms with Crippen LogP contribution in [-0.4, -0.2) is 43.7 Å². The first kappa shape index (κ1) is 28.7. The molecule has 1 N–H and O–H groups in total. The monoisotopic (exact) mass is 604 g/mol. The summed E-state index contributed by atoms with van der Waals surface area (Å²) in [6.45, 7) is 3.99. The molecule has 1 aromatic heterocycles. The molecule has 0 radical (unpaired) electrons. The van der Waals surface area contributed by atoms with E-state index < -0.39 is 17.8 Å². The number of carbonyl (C=O) groups is 2. The van der Waals surface area contributed by atoms with Gasteiger partial charge in [0.25, 0.3) is 0 Å². The van der Waals surface area contributed by atoms with Crippen LogP contribution in [0.5, 0.6) is 0 Å². The lowest BCUT2D eigenvalue weighted by Gasteiger charge is -2.20. The Hall–Kier alpha value is -4.45. The van der Waals surface area contributed by atoms with Crippen molar-refractivity contribution in [3.8, 4) is 17.1 Å². The fourth-order valence-electron chi connectivity index (χ4n) is 5.07. The van der Waals surface area contributed by atoms with Crippen molar-refractivity contribution in [1.82, 2.24) is 20.1 Å². The number of hydrogen-bond donors (Lipinski definition) is 1. The highest BCUT2D eigenvalue weighted by Gasteiger charge is 2.40. The molecule has 43 heavy (non-hydrogen) atoms. The molecule has 1 saturated carbocycles. The van der Waals surface area contributed by atoms with Gasteiger partial charge in [0.1, 0.15) is 6.33 Å². The summed E-state index contributed by atoms with van der Waals surface area (Å²) in [7, 11) is 0. The van der Waals surface area contributed by atoms with Crippen molar-refractivity contribution < 1.29 is 22.8 Å². The number of aliphatic imine (C=N–C) groups is 1. The van der Waals surface area contributed by atoms with Crippen molar-refractivity contribution in [1.29, 1.82) is 0 Å². The van der Waals surface area contributed by atoms with E-state index in [2.05, 4.69) is 20.4 Å². The number of anilines is 1. The molecule has 3 aromatic carbocycles. The number of benzene rings is 3. The predicted molar refractivity (Wildman–Crippen MR) is 159 cm³/mol. The van der Waals surface area contributed by atoms with E-state index in [9.17, 15) is 22.8 Å². The van der Waals surface area contributed by atoms with Gasteiger partial charge in [-0.05, 0) is 66.8 Å². The Morgan fingerprint density at radius 1 is 1.09 bits per heavy atom. The summed E-state index contributed by atoms with van der Waals surface area (Å²) in [6.07, 6.45) is -1.42. The SMILES string of the molecule is CCc1ccc(C)cc1N1C(=O)CSC1=NC(=O)NC1CC1c1ccc(-c2ncn(-c3ccc(C(F)(F)F)cc3)n2)cc1. The van der Waals surface area contributed by atoms with Crippen molar-refractivity contribution >= 4 is 34.6 Å². The van der Waals surface area contributed by atoms with Gasteiger partial charge < -0.3 is 5.32 Å². The Morgan fingerprint density at radius 2 is 1.84 bits per heavy atom. The Balaban J connectivity index is 1.09. The number of rotatable bonds is 6. The third-order valence-electron chi connectivity index (χ3n) is 7.47. The van der Waals surface area contributed by atoms with E-state index in [-0.39, 0.29) is 23.6 Å². The maximum Gasteiger partial charge on any atom is 0.416 e. The van der Waals surface area contributed by atoms with Crippen LogP contribution in [0.15, 0.2) is 78.0 Å². The molecule has 2 atom stereocenters. The van der Waals surface area contributed by atoms with Gasteiger partial charge >= 0.3 is 12.2 Å². The Bertz CT molecular complexity index is 1720. The number of aromatic nitrogens is 3. The second kappa shape index (κ2) is 11.3. The maximum absolute atomic E-state index is 12.9. The Kier molecular flexibility index (Phi) is 7.55. The van der Waals surface area contributed by atoms with E-state index in [0.717, 1.165) is 52.9 Å². The fraction of sp³-hybridized carbons (Fsp3) is 0.258. The fourth-order valence-corrected chi connectivity index (χ4v) is 5.92. The number of urea groups is 1. The summed E-state index contributed by atoms with van der Waals surface area (Å²) in [4.78, 5) is 35.7. The van der Waals surface area contributed by atoms with Crippen molar-refractivity contribution in [2.24, 2.45) is 4.99 Å². The number of amidine groups is 1. The first-order valence-corrected chi connectivity index (χ1v) is 14.7. The third-order valence-corrected chi connectivity index (χ3v) is 8.40. The van der Waals surface area contributed by atoms with Gasteiger partial charge in [-0.15, -0.1) is 5.10 Å². The highest BCUT2D eigenvalue weighted by Crippen LogP contribution is 2.41. The predicted octanol–water partition coefficient (Wildman–Crippen LogP) is 6.53. The molecule has 2 unspecified atom stereocenters. The lowest BCUT2D eigenvalue weighted by Crippen LogP contribution is -2.32. The molecule has 2 heterocycles. The second-order valence-corrected chi connectivity index (χ2v) is 11.4. The lowest BCUT2D eigenvalue weighted by atomic mass is 10.1. The highest BCUT2D eigenvalue weighted by atomic mass is 32.2. The standard InChI is InChI=1S/C31H27F3N6O2S/c1-3-19-5-4-18(2)14-26(19)40-27(41)16-43-30(40)37-29(42)36-25-15-24(25)20-6-8-21(9-7-20)28-35-17-39(38-28)23-12-10-22(11-13-23)31(32,33)34/h4-14,17,24-25H,3,15-16H2,1-2H3,(H,36,42). The summed E-state index contributed by atoms with van der Waals surface area (Å²) in [5.41, 5.74) is 4.36. The minimum atomic E-state index is -4.40. The summed E-state index contributed by atoms with van der Waals surface area (Å²) in [5.74, 6) is 0.711. The van der Waals surface area contributed by atoms with Crippen molar-refractivity contribution in [2.75, 3.05) is 10.7 Å². The topological polar surface area (TPSA) is 92.5 Å². The molecule has 220 valence electrons. The largest absolute Gasteiger partial charge is 0.416 e. The van der Waals surface area contributed by atoms with Crippen LogP contribution in [0.25, 0.3) is 17.1 Å². The number of amides is 3. The third kappa shape index (κ3) is 6.05. The van der Waals surface area contributed by atoms with Gasteiger partial charge in [-0.25, -0.2) is 14.5 Å². The molecule has 1 aliphatic carbocycles. The number of aryl methyl sites for hydroxylation is 2. The zero-order valence-corrected chi connectivity index (χ0v) is 24.1. The van der Waals surface area contributed by atoms with Crippen molar-refractivity contribution in [3.63, 3.8) is 0 Å². The van der Waals surface area contributed by atoms with Crippen LogP contribution in [0, 0.1) is 6.92 Å². The molecule has 2 fully saturated rings. The lowest BCUT2D eigenvalue weighted by molar-refractivity contribution is -0.137. The van der Waals surface area contributed by atoms with Gasteiger partial charge in [0.05, 0.1) is 22.7 Å². The van der Waals surface area contributed by atoms with E-state index in [0.29, 0.717) is 16.7 Å². The van der Waals surface area contributed by atoms with Crippen LogP contribution in [0.4, 0.5) is 23.7 Å². The highest BCUT2D eigenvalue weighted by molar-refractivity contribution is 8.15. The van der Waals surface area contributed by atoms with Crippen LogP contribution in [-0.2, 0) is 17.4 Å². The number of thioether (sulfide) groups is 1. The molecule has 12 heteroatoms. The van der Waals surface area contributed by atoms with Crippen LogP contribution in [0.1, 0.15) is 41.5 Å². The van der Waals surface area contributed by atoms with E-state index in [4.69, 9.17) is 0 Å². The van der Waals surface area contributed by atoms with E-state index in [1.807, 2.05) is 56.3 Å². The number of hydrogen-bond acceptors (Lipinski definition) is 5. The van der Waals surface area contributed by atoms with Gasteiger partial charge in [-0.3, -0.25) is 9.69 Å². The summed E-state index contributed by atoms with van der Waals surface area (Å²) in [5, 5.41) is 7.75. The van der Waals surface area contributed by atoms with Gasteiger partial charge in [-0.1, -0.05) is 55.1 Å². The summed E-state index contributed by atoms with van der Waals surface area (Å²) in [6, 6.07) is 17.8. The second-order valence-electron chi connectivity index (χ2n) is 10.5. The van der Waals surface area contributed by atoms with Crippen molar-refractivity contribution in [2.45, 2.75) is 44.8 Å². The molecular formula is C31H27F3N6O2S. The van der Waals surface area contributed by atoms with Gasteiger partial charge in [0.15, 0.2) is 11.0 Å².